The molecule has 0 spiro atoms. The van der Waals surface area contributed by atoms with Crippen LogP contribution in [-0.4, -0.2) is 46.8 Å². The van der Waals surface area contributed by atoms with Crippen LogP contribution in [-0.2, 0) is 14.8 Å². The molecule has 102 valence electrons. The number of pyridine rings is 1. The van der Waals surface area contributed by atoms with Crippen molar-refractivity contribution in [1.29, 1.82) is 0 Å². The van der Waals surface area contributed by atoms with Crippen LogP contribution >= 0.6 is 0 Å². The summed E-state index contributed by atoms with van der Waals surface area (Å²) in [7, 11) is -2.02. The Balaban J connectivity index is 2.32. The van der Waals surface area contributed by atoms with Gasteiger partial charge in [0.2, 0.25) is 10.0 Å². The van der Waals surface area contributed by atoms with E-state index in [1.54, 1.807) is 13.2 Å². The topological polar surface area (TPSA) is 106 Å². The van der Waals surface area contributed by atoms with Crippen molar-refractivity contribution in [2.45, 2.75) is 4.90 Å². The van der Waals surface area contributed by atoms with Crippen LogP contribution in [0.5, 0.6) is 0 Å². The predicted octanol–water partition coefficient (Wildman–Crippen LogP) is -0.623. The molecule has 0 amide bonds. The minimum atomic E-state index is -3.67. The van der Waals surface area contributed by atoms with Crippen LogP contribution in [0.4, 0.5) is 5.82 Å². The Morgan fingerprint density at radius 1 is 1.33 bits per heavy atom. The highest BCUT2D eigenvalue weighted by atomic mass is 32.2. The highest BCUT2D eigenvalue weighted by molar-refractivity contribution is 7.89. The van der Waals surface area contributed by atoms with Gasteiger partial charge in [-0.15, -0.1) is 0 Å². The number of hydrogen-bond donors (Lipinski definition) is 3. The summed E-state index contributed by atoms with van der Waals surface area (Å²) in [4.78, 5) is 3.96. The van der Waals surface area contributed by atoms with Gasteiger partial charge < -0.3 is 15.4 Å². The van der Waals surface area contributed by atoms with Crippen molar-refractivity contribution in [2.24, 2.45) is 5.14 Å². The summed E-state index contributed by atoms with van der Waals surface area (Å²) >= 11 is 0. The average molecular weight is 274 g/mol. The summed E-state index contributed by atoms with van der Waals surface area (Å²) in [6.07, 6.45) is 1.23. The van der Waals surface area contributed by atoms with E-state index in [0.29, 0.717) is 19.0 Å². The molecule has 4 N–H and O–H groups in total. The van der Waals surface area contributed by atoms with E-state index in [9.17, 15) is 8.42 Å². The van der Waals surface area contributed by atoms with Gasteiger partial charge in [0.1, 0.15) is 10.7 Å². The van der Waals surface area contributed by atoms with Crippen LogP contribution in [0, 0.1) is 0 Å². The van der Waals surface area contributed by atoms with Gasteiger partial charge in [0.25, 0.3) is 0 Å². The van der Waals surface area contributed by atoms with E-state index < -0.39 is 10.0 Å². The summed E-state index contributed by atoms with van der Waals surface area (Å²) in [6.45, 7) is 2.91. The molecule has 0 saturated carbocycles. The third kappa shape index (κ3) is 5.41. The van der Waals surface area contributed by atoms with Gasteiger partial charge in [-0.05, 0) is 12.1 Å². The van der Waals surface area contributed by atoms with Crippen molar-refractivity contribution in [3.8, 4) is 0 Å². The Kier molecular flexibility index (Phi) is 5.99. The lowest BCUT2D eigenvalue weighted by atomic mass is 10.4. The number of nitrogens with one attached hydrogen (secondary N) is 2. The first-order valence-corrected chi connectivity index (χ1v) is 7.01. The Morgan fingerprint density at radius 2 is 2.11 bits per heavy atom. The number of sulfonamides is 1. The molecule has 1 rings (SSSR count). The lowest BCUT2D eigenvalue weighted by molar-refractivity contribution is 0.200. The molecule has 0 aromatic carbocycles. The molecule has 18 heavy (non-hydrogen) atoms. The SMILES string of the molecule is COCCNCCNc1ccc(S(N)(=O)=O)cn1. The summed E-state index contributed by atoms with van der Waals surface area (Å²) in [5, 5.41) is 11.2. The van der Waals surface area contributed by atoms with Crippen LogP contribution in [0.3, 0.4) is 0 Å². The highest BCUT2D eigenvalue weighted by Gasteiger charge is 2.07. The van der Waals surface area contributed by atoms with Gasteiger partial charge in [0.05, 0.1) is 6.61 Å². The molecular weight excluding hydrogens is 256 g/mol. The quantitative estimate of drug-likeness (QED) is 0.545. The molecule has 0 aliphatic rings. The van der Waals surface area contributed by atoms with Gasteiger partial charge in [-0.25, -0.2) is 18.5 Å². The fraction of sp³-hybridized carbons (Fsp3) is 0.500. The fourth-order valence-corrected chi connectivity index (χ4v) is 1.69. The molecule has 8 heteroatoms. The van der Waals surface area contributed by atoms with Crippen LogP contribution in [0.1, 0.15) is 0 Å². The number of methoxy groups -OCH3 is 1. The van der Waals surface area contributed by atoms with Gasteiger partial charge in [0, 0.05) is 32.9 Å². The maximum Gasteiger partial charge on any atom is 0.239 e. The number of primary sulfonamides is 1. The zero-order chi connectivity index (χ0) is 13.4. The molecule has 0 radical (unpaired) electrons. The zero-order valence-corrected chi connectivity index (χ0v) is 11.0. The molecule has 0 saturated heterocycles. The van der Waals surface area contributed by atoms with Crippen molar-refractivity contribution in [2.75, 3.05) is 38.7 Å². The molecule has 0 bridgehead atoms. The summed E-state index contributed by atoms with van der Waals surface area (Å²) < 4.78 is 26.9. The maximum atomic E-state index is 11.0. The van der Waals surface area contributed by atoms with Crippen LogP contribution in [0.25, 0.3) is 0 Å². The van der Waals surface area contributed by atoms with Gasteiger partial charge >= 0.3 is 0 Å². The van der Waals surface area contributed by atoms with E-state index in [0.717, 1.165) is 13.1 Å². The normalized spacial score (nSPS) is 11.4. The van der Waals surface area contributed by atoms with Gasteiger partial charge in [-0.3, -0.25) is 0 Å². The third-order valence-electron chi connectivity index (χ3n) is 2.16. The smallest absolute Gasteiger partial charge is 0.239 e. The Hall–Kier alpha value is -1.22. The van der Waals surface area contributed by atoms with Gasteiger partial charge in [-0.2, -0.15) is 0 Å². The first-order valence-electron chi connectivity index (χ1n) is 5.46. The molecule has 0 aliphatic carbocycles. The predicted molar refractivity (Wildman–Crippen MR) is 68.8 cm³/mol. The second-order valence-electron chi connectivity index (χ2n) is 3.59. The van der Waals surface area contributed by atoms with E-state index in [1.807, 2.05) is 0 Å². The van der Waals surface area contributed by atoms with E-state index in [2.05, 4.69) is 15.6 Å². The number of ether oxygens (including phenoxy) is 1. The van der Waals surface area contributed by atoms with Crippen LogP contribution < -0.4 is 15.8 Å². The average Bonchev–Trinajstić information content (AvgIpc) is 2.33. The van der Waals surface area contributed by atoms with Crippen LogP contribution in [0.2, 0.25) is 0 Å². The first kappa shape index (κ1) is 14.8. The van der Waals surface area contributed by atoms with Crippen molar-refractivity contribution >= 4 is 15.8 Å². The number of rotatable bonds is 8. The monoisotopic (exact) mass is 274 g/mol. The highest BCUT2D eigenvalue weighted by Crippen LogP contribution is 2.08. The minimum Gasteiger partial charge on any atom is -0.383 e. The van der Waals surface area contributed by atoms with Gasteiger partial charge in [0.15, 0.2) is 0 Å². The second-order valence-corrected chi connectivity index (χ2v) is 5.16. The van der Waals surface area contributed by atoms with Crippen molar-refractivity contribution in [3.05, 3.63) is 18.3 Å². The van der Waals surface area contributed by atoms with E-state index in [-0.39, 0.29) is 4.90 Å². The minimum absolute atomic E-state index is 0.00581. The molecular formula is C10H18N4O3S. The fourth-order valence-electron chi connectivity index (χ4n) is 1.23. The number of anilines is 1. The number of nitrogens with zero attached hydrogens (tertiary/aromatic N) is 1. The lowest BCUT2D eigenvalue weighted by Gasteiger charge is -2.07. The lowest BCUT2D eigenvalue weighted by Crippen LogP contribution is -2.25. The number of hydrogen-bond acceptors (Lipinski definition) is 6. The molecule has 0 aliphatic heterocycles. The standard InChI is InChI=1S/C10H18N4O3S/c1-17-7-6-12-4-5-13-10-3-2-9(8-14-10)18(11,15)16/h2-3,8,12H,4-7H2,1H3,(H,13,14)(H2,11,15,16). The molecule has 1 heterocycles. The Bertz CT molecular complexity index is 447. The first-order chi connectivity index (χ1) is 8.54. The molecule has 0 atom stereocenters. The largest absolute Gasteiger partial charge is 0.383 e. The second kappa shape index (κ2) is 7.27. The molecule has 7 nitrogen and oxygen atoms in total. The zero-order valence-electron chi connectivity index (χ0n) is 10.2. The van der Waals surface area contributed by atoms with Crippen molar-refractivity contribution in [1.82, 2.24) is 10.3 Å². The number of nitrogens with two attached hydrogens (primary N) is 1. The van der Waals surface area contributed by atoms with Crippen molar-refractivity contribution < 1.29 is 13.2 Å². The molecule has 1 aromatic rings. The van der Waals surface area contributed by atoms with E-state index >= 15 is 0 Å². The van der Waals surface area contributed by atoms with Crippen LogP contribution in [0.15, 0.2) is 23.2 Å². The van der Waals surface area contributed by atoms with Gasteiger partial charge in [-0.1, -0.05) is 0 Å². The molecule has 1 aromatic heterocycles. The third-order valence-corrected chi connectivity index (χ3v) is 3.05. The Labute approximate surface area is 107 Å². The molecule has 0 fully saturated rings. The summed E-state index contributed by atoms with van der Waals surface area (Å²) in [5.41, 5.74) is 0. The summed E-state index contributed by atoms with van der Waals surface area (Å²) in [5.74, 6) is 0.607. The maximum absolute atomic E-state index is 11.0. The van der Waals surface area contributed by atoms with E-state index in [1.165, 1.54) is 12.3 Å². The Morgan fingerprint density at radius 3 is 2.67 bits per heavy atom. The number of aromatic nitrogens is 1. The van der Waals surface area contributed by atoms with Crippen molar-refractivity contribution in [3.63, 3.8) is 0 Å². The molecule has 0 unspecified atom stereocenters. The summed E-state index contributed by atoms with van der Waals surface area (Å²) in [6, 6.07) is 3.00. The van der Waals surface area contributed by atoms with E-state index in [4.69, 9.17) is 9.88 Å².